The number of carbonyl (C=O) groups excluding carboxylic acids is 1. The van der Waals surface area contributed by atoms with Gasteiger partial charge in [-0.25, -0.2) is 0 Å². The fourth-order valence-electron chi connectivity index (χ4n) is 2.84. The molecule has 0 spiro atoms. The number of allylic oxidation sites excluding steroid dienone is 1. The molecule has 3 heteroatoms. The monoisotopic (exact) mass is 237 g/mol. The van der Waals surface area contributed by atoms with Crippen LogP contribution in [0.4, 0.5) is 0 Å². The van der Waals surface area contributed by atoms with Crippen molar-refractivity contribution in [2.45, 2.75) is 45.6 Å². The lowest BCUT2D eigenvalue weighted by Crippen LogP contribution is -2.30. The quantitative estimate of drug-likeness (QED) is 0.707. The van der Waals surface area contributed by atoms with Crippen LogP contribution in [0.25, 0.3) is 0 Å². The first kappa shape index (κ1) is 12.6. The Labute approximate surface area is 104 Å². The van der Waals surface area contributed by atoms with Crippen LogP contribution in [0.2, 0.25) is 0 Å². The Morgan fingerprint density at radius 1 is 1.53 bits per heavy atom. The molecule has 96 valence electrons. The summed E-state index contributed by atoms with van der Waals surface area (Å²) < 4.78 is 5.45. The molecule has 17 heavy (non-hydrogen) atoms. The highest BCUT2D eigenvalue weighted by Gasteiger charge is 2.33. The normalized spacial score (nSPS) is 29.1. The number of ether oxygens (including phenoxy) is 1. The van der Waals surface area contributed by atoms with Crippen molar-refractivity contribution in [2.24, 2.45) is 11.8 Å². The van der Waals surface area contributed by atoms with Crippen molar-refractivity contribution >= 4 is 5.97 Å². The maximum absolute atomic E-state index is 11.6. The summed E-state index contributed by atoms with van der Waals surface area (Å²) in [5.41, 5.74) is 0. The minimum Gasteiger partial charge on any atom is -0.431 e. The third-order valence-corrected chi connectivity index (χ3v) is 3.78. The van der Waals surface area contributed by atoms with Gasteiger partial charge in [0.05, 0.1) is 0 Å². The zero-order valence-electron chi connectivity index (χ0n) is 11.1. The lowest BCUT2D eigenvalue weighted by Gasteiger charge is -2.27. The molecule has 0 aromatic rings. The number of rotatable bonds is 3. The van der Waals surface area contributed by atoms with Gasteiger partial charge in [0.25, 0.3) is 0 Å². The fraction of sp³-hybridized carbons (Fsp3) is 0.786. The van der Waals surface area contributed by atoms with E-state index >= 15 is 0 Å². The Morgan fingerprint density at radius 2 is 2.29 bits per heavy atom. The van der Waals surface area contributed by atoms with Crippen molar-refractivity contribution in [1.82, 2.24) is 4.90 Å². The smallest absolute Gasteiger partial charge is 0.311 e. The topological polar surface area (TPSA) is 29.5 Å². The van der Waals surface area contributed by atoms with Crippen molar-refractivity contribution in [1.29, 1.82) is 0 Å². The first-order chi connectivity index (χ1) is 8.06. The van der Waals surface area contributed by atoms with Gasteiger partial charge in [-0.3, -0.25) is 9.69 Å². The highest BCUT2D eigenvalue weighted by molar-refractivity contribution is 5.70. The van der Waals surface area contributed by atoms with Gasteiger partial charge in [-0.15, -0.1) is 0 Å². The van der Waals surface area contributed by atoms with Gasteiger partial charge >= 0.3 is 5.97 Å². The van der Waals surface area contributed by atoms with E-state index in [1.165, 1.54) is 13.0 Å². The van der Waals surface area contributed by atoms with Crippen LogP contribution < -0.4 is 0 Å². The van der Waals surface area contributed by atoms with Gasteiger partial charge in [0.1, 0.15) is 5.76 Å². The van der Waals surface area contributed by atoms with Crippen molar-refractivity contribution in [3.63, 3.8) is 0 Å². The highest BCUT2D eigenvalue weighted by atomic mass is 16.5. The van der Waals surface area contributed by atoms with E-state index in [0.717, 1.165) is 24.5 Å². The Bertz CT molecular complexity index is 322. The van der Waals surface area contributed by atoms with E-state index in [4.69, 9.17) is 4.74 Å². The summed E-state index contributed by atoms with van der Waals surface area (Å²) in [6, 6.07) is 0.491. The van der Waals surface area contributed by atoms with Crippen LogP contribution in [-0.4, -0.2) is 30.5 Å². The second kappa shape index (κ2) is 5.21. The third-order valence-electron chi connectivity index (χ3n) is 3.78. The molecule has 0 saturated carbocycles. The van der Waals surface area contributed by atoms with Crippen molar-refractivity contribution in [2.75, 3.05) is 13.6 Å². The van der Waals surface area contributed by atoms with E-state index in [0.29, 0.717) is 18.4 Å². The minimum absolute atomic E-state index is 0.0784. The van der Waals surface area contributed by atoms with Crippen LogP contribution in [0.15, 0.2) is 11.8 Å². The molecule has 1 heterocycles. The minimum atomic E-state index is -0.0784. The molecule has 0 bridgehead atoms. The Morgan fingerprint density at radius 3 is 3.00 bits per heavy atom. The molecule has 2 unspecified atom stereocenters. The predicted octanol–water partition coefficient (Wildman–Crippen LogP) is 2.57. The third kappa shape index (κ3) is 3.09. The van der Waals surface area contributed by atoms with E-state index in [2.05, 4.69) is 18.0 Å². The van der Waals surface area contributed by atoms with Gasteiger partial charge in [0.2, 0.25) is 0 Å². The summed E-state index contributed by atoms with van der Waals surface area (Å²) in [5, 5.41) is 0. The number of esters is 1. The van der Waals surface area contributed by atoms with Gasteiger partial charge in [-0.2, -0.15) is 0 Å². The lowest BCUT2D eigenvalue weighted by molar-refractivity contribution is -0.140. The summed E-state index contributed by atoms with van der Waals surface area (Å²) in [6.07, 6.45) is 6.06. The van der Waals surface area contributed by atoms with Crippen molar-refractivity contribution in [3.05, 3.63) is 11.8 Å². The number of likely N-dealkylation sites (tertiary alicyclic amines) is 1. The first-order valence-electron chi connectivity index (χ1n) is 6.68. The zero-order valence-corrected chi connectivity index (χ0v) is 11.1. The molecule has 2 aliphatic rings. The molecule has 0 amide bonds. The standard InChI is InChI=1S/C14H23NO2/c1-10(2)8-14(16)17-12-5-4-11-6-7-15(3)13(11)9-12/h9-11,13H,4-8H2,1-3H3. The summed E-state index contributed by atoms with van der Waals surface area (Å²) in [5.74, 6) is 1.96. The van der Waals surface area contributed by atoms with Crippen LogP contribution in [0, 0.1) is 11.8 Å². The van der Waals surface area contributed by atoms with Crippen molar-refractivity contribution in [3.8, 4) is 0 Å². The van der Waals surface area contributed by atoms with Crippen molar-refractivity contribution < 1.29 is 9.53 Å². The summed E-state index contributed by atoms with van der Waals surface area (Å²) in [6.45, 7) is 5.24. The van der Waals surface area contributed by atoms with Gasteiger partial charge in [0.15, 0.2) is 0 Å². The molecule has 2 rings (SSSR count). The van der Waals surface area contributed by atoms with Crippen LogP contribution >= 0.6 is 0 Å². The van der Waals surface area contributed by atoms with E-state index in [-0.39, 0.29) is 5.97 Å². The van der Waals surface area contributed by atoms with E-state index in [1.807, 2.05) is 13.8 Å². The van der Waals surface area contributed by atoms with Crippen LogP contribution in [0.3, 0.4) is 0 Å². The summed E-state index contributed by atoms with van der Waals surface area (Å²) >= 11 is 0. The molecular weight excluding hydrogens is 214 g/mol. The number of carbonyl (C=O) groups is 1. The molecule has 1 aliphatic heterocycles. The van der Waals surface area contributed by atoms with Crippen LogP contribution in [-0.2, 0) is 9.53 Å². The summed E-state index contributed by atoms with van der Waals surface area (Å²) in [7, 11) is 2.15. The van der Waals surface area contributed by atoms with E-state index in [9.17, 15) is 4.79 Å². The van der Waals surface area contributed by atoms with Crippen LogP contribution in [0.1, 0.15) is 39.5 Å². The maximum atomic E-state index is 11.6. The molecule has 0 radical (unpaired) electrons. The number of hydrogen-bond donors (Lipinski definition) is 0. The average Bonchev–Trinajstić information content (AvgIpc) is 2.59. The Balaban J connectivity index is 1.93. The molecule has 0 N–H and O–H groups in total. The molecule has 1 aliphatic carbocycles. The number of fused-ring (bicyclic) bond motifs is 1. The maximum Gasteiger partial charge on any atom is 0.311 e. The fourth-order valence-corrected chi connectivity index (χ4v) is 2.84. The Kier molecular flexibility index (Phi) is 3.87. The Hall–Kier alpha value is -0.830. The van der Waals surface area contributed by atoms with Gasteiger partial charge in [-0.05, 0) is 44.3 Å². The molecule has 1 fully saturated rings. The average molecular weight is 237 g/mol. The number of nitrogens with zero attached hydrogens (tertiary/aromatic N) is 1. The number of likely N-dealkylation sites (N-methyl/N-ethyl adjacent to an activating group) is 1. The van der Waals surface area contributed by atoms with Gasteiger partial charge in [0, 0.05) is 18.9 Å². The zero-order chi connectivity index (χ0) is 12.4. The predicted molar refractivity (Wildman–Crippen MR) is 67.4 cm³/mol. The second-order valence-corrected chi connectivity index (χ2v) is 5.76. The van der Waals surface area contributed by atoms with Gasteiger partial charge in [-0.1, -0.05) is 13.8 Å². The second-order valence-electron chi connectivity index (χ2n) is 5.76. The largest absolute Gasteiger partial charge is 0.431 e. The lowest BCUT2D eigenvalue weighted by atomic mass is 9.89. The molecule has 1 saturated heterocycles. The van der Waals surface area contributed by atoms with E-state index < -0.39 is 0 Å². The molecule has 3 nitrogen and oxygen atoms in total. The van der Waals surface area contributed by atoms with Crippen LogP contribution in [0.5, 0.6) is 0 Å². The number of hydrogen-bond acceptors (Lipinski definition) is 3. The SMILES string of the molecule is CC(C)CC(=O)OC1=CC2C(CC1)CCN2C. The first-order valence-corrected chi connectivity index (χ1v) is 6.68. The summed E-state index contributed by atoms with van der Waals surface area (Å²) in [4.78, 5) is 14.0. The molecule has 0 aromatic carbocycles. The van der Waals surface area contributed by atoms with Gasteiger partial charge < -0.3 is 4.74 Å². The molecule has 0 aromatic heterocycles. The molecule has 2 atom stereocenters. The molecular formula is C14H23NO2. The highest BCUT2D eigenvalue weighted by Crippen LogP contribution is 2.34. The van der Waals surface area contributed by atoms with E-state index in [1.54, 1.807) is 0 Å².